The summed E-state index contributed by atoms with van der Waals surface area (Å²) in [6.45, 7) is 3.20. The van der Waals surface area contributed by atoms with Crippen LogP contribution in [0.1, 0.15) is 36.9 Å². The molecule has 1 amide bonds. The molecule has 33 heavy (non-hydrogen) atoms. The zero-order valence-electron chi connectivity index (χ0n) is 18.9. The predicted octanol–water partition coefficient (Wildman–Crippen LogP) is 3.70. The maximum Gasteiger partial charge on any atom is 0.295 e. The maximum absolute atomic E-state index is 13.2. The lowest BCUT2D eigenvalue weighted by Crippen LogP contribution is -2.30. The number of rotatable bonds is 7. The number of para-hydroxylation sites is 1. The number of unbranched alkanes of at least 4 members (excludes halogenated alkanes) is 1. The number of likely N-dealkylation sites (tertiary alicyclic amines) is 1. The van der Waals surface area contributed by atoms with Gasteiger partial charge in [-0.05, 0) is 30.7 Å². The molecule has 0 aromatic heterocycles. The minimum absolute atomic E-state index is 0.000617. The molecule has 174 valence electrons. The fourth-order valence-electron chi connectivity index (χ4n) is 4.24. The van der Waals surface area contributed by atoms with Crippen molar-refractivity contribution in [3.8, 4) is 23.0 Å². The van der Waals surface area contributed by atoms with Crippen LogP contribution in [0.5, 0.6) is 23.0 Å². The molecule has 0 aliphatic carbocycles. The molecule has 2 heterocycles. The molecular weight excluding hydrogens is 426 g/mol. The zero-order valence-corrected chi connectivity index (χ0v) is 18.9. The lowest BCUT2D eigenvalue weighted by Gasteiger charge is -2.27. The normalized spacial score (nSPS) is 19.0. The third kappa shape index (κ3) is 3.97. The van der Waals surface area contributed by atoms with Crippen LogP contribution < -0.4 is 18.9 Å². The molecule has 0 radical (unpaired) electrons. The van der Waals surface area contributed by atoms with E-state index in [0.717, 1.165) is 6.42 Å². The molecule has 2 aliphatic heterocycles. The van der Waals surface area contributed by atoms with Gasteiger partial charge in [0.15, 0.2) is 23.0 Å². The SMILES string of the molecule is CCCCN1C(=O)C(=O)/C(=C(/O)c2ccc3c(c2)OCCO3)C1c1cccc(OC)c1OC. The van der Waals surface area contributed by atoms with Crippen LogP contribution in [0, 0.1) is 0 Å². The van der Waals surface area contributed by atoms with Gasteiger partial charge in [0.05, 0.1) is 25.8 Å². The van der Waals surface area contributed by atoms with Crippen molar-refractivity contribution in [3.05, 3.63) is 53.1 Å². The quantitative estimate of drug-likeness (QED) is 0.388. The number of amides is 1. The first kappa shape index (κ1) is 22.5. The number of methoxy groups -OCH3 is 2. The van der Waals surface area contributed by atoms with E-state index in [4.69, 9.17) is 18.9 Å². The van der Waals surface area contributed by atoms with E-state index in [-0.39, 0.29) is 11.3 Å². The second kappa shape index (κ2) is 9.44. The van der Waals surface area contributed by atoms with Gasteiger partial charge >= 0.3 is 0 Å². The van der Waals surface area contributed by atoms with Gasteiger partial charge in [-0.3, -0.25) is 9.59 Å². The van der Waals surface area contributed by atoms with Gasteiger partial charge in [-0.25, -0.2) is 0 Å². The van der Waals surface area contributed by atoms with Crippen LogP contribution in [0.15, 0.2) is 42.0 Å². The van der Waals surface area contributed by atoms with Gasteiger partial charge in [-0.15, -0.1) is 0 Å². The molecule has 0 bridgehead atoms. The van der Waals surface area contributed by atoms with E-state index < -0.39 is 17.7 Å². The highest BCUT2D eigenvalue weighted by molar-refractivity contribution is 6.46. The fourth-order valence-corrected chi connectivity index (χ4v) is 4.24. The Kier molecular flexibility index (Phi) is 6.44. The van der Waals surface area contributed by atoms with E-state index in [2.05, 4.69) is 0 Å². The number of Topliss-reactive ketones (excluding diaryl/α,β-unsaturated/α-hetero) is 1. The first-order valence-electron chi connectivity index (χ1n) is 10.9. The Labute approximate surface area is 192 Å². The maximum atomic E-state index is 13.2. The van der Waals surface area contributed by atoms with E-state index in [1.807, 2.05) is 6.92 Å². The largest absolute Gasteiger partial charge is 0.507 e. The lowest BCUT2D eigenvalue weighted by atomic mass is 9.94. The monoisotopic (exact) mass is 453 g/mol. The Bertz CT molecular complexity index is 1110. The molecule has 8 nitrogen and oxygen atoms in total. The number of fused-ring (bicyclic) bond motifs is 1. The molecule has 1 saturated heterocycles. The Morgan fingerprint density at radius 2 is 1.85 bits per heavy atom. The number of carbonyl (C=O) groups is 2. The molecule has 1 fully saturated rings. The smallest absolute Gasteiger partial charge is 0.295 e. The molecule has 2 aliphatic rings. The summed E-state index contributed by atoms with van der Waals surface area (Å²) in [6, 6.07) is 9.38. The summed E-state index contributed by atoms with van der Waals surface area (Å²) in [7, 11) is 3.02. The number of aliphatic hydroxyl groups excluding tert-OH is 1. The molecule has 0 saturated carbocycles. The number of hydrogen-bond acceptors (Lipinski definition) is 7. The second-order valence-electron chi connectivity index (χ2n) is 7.79. The highest BCUT2D eigenvalue weighted by Crippen LogP contribution is 2.46. The third-order valence-electron chi connectivity index (χ3n) is 5.84. The van der Waals surface area contributed by atoms with Crippen molar-refractivity contribution in [2.75, 3.05) is 34.0 Å². The summed E-state index contributed by atoms with van der Waals surface area (Å²) in [5.41, 5.74) is 0.921. The van der Waals surface area contributed by atoms with Gasteiger partial charge < -0.3 is 29.0 Å². The van der Waals surface area contributed by atoms with Crippen LogP contribution >= 0.6 is 0 Å². The summed E-state index contributed by atoms with van der Waals surface area (Å²) < 4.78 is 22.2. The third-order valence-corrected chi connectivity index (χ3v) is 5.84. The first-order chi connectivity index (χ1) is 16.0. The van der Waals surface area contributed by atoms with E-state index >= 15 is 0 Å². The zero-order chi connectivity index (χ0) is 23.5. The van der Waals surface area contributed by atoms with Gasteiger partial charge in [-0.2, -0.15) is 0 Å². The Balaban J connectivity index is 1.90. The number of carbonyl (C=O) groups excluding carboxylic acids is 2. The Morgan fingerprint density at radius 1 is 1.09 bits per heavy atom. The van der Waals surface area contributed by atoms with Gasteiger partial charge in [0, 0.05) is 17.7 Å². The van der Waals surface area contributed by atoms with Crippen molar-refractivity contribution in [1.29, 1.82) is 0 Å². The Hall–Kier alpha value is -3.68. The topological polar surface area (TPSA) is 94.5 Å². The minimum atomic E-state index is -0.824. The average molecular weight is 453 g/mol. The van der Waals surface area contributed by atoms with Crippen LogP contribution in [-0.2, 0) is 9.59 Å². The van der Waals surface area contributed by atoms with Crippen LogP contribution in [0.3, 0.4) is 0 Å². The fraction of sp³-hybridized carbons (Fsp3) is 0.360. The molecule has 1 atom stereocenters. The van der Waals surface area contributed by atoms with Crippen molar-refractivity contribution < 1.29 is 33.6 Å². The summed E-state index contributed by atoms with van der Waals surface area (Å²) in [6.07, 6.45) is 1.55. The van der Waals surface area contributed by atoms with Gasteiger partial charge in [0.1, 0.15) is 19.0 Å². The second-order valence-corrected chi connectivity index (χ2v) is 7.79. The summed E-state index contributed by atoms with van der Waals surface area (Å²) in [5.74, 6) is 0.232. The van der Waals surface area contributed by atoms with E-state index in [1.54, 1.807) is 36.4 Å². The van der Waals surface area contributed by atoms with E-state index in [9.17, 15) is 14.7 Å². The number of ether oxygens (including phenoxy) is 4. The highest BCUT2D eigenvalue weighted by atomic mass is 16.6. The van der Waals surface area contributed by atoms with Crippen molar-refractivity contribution in [3.63, 3.8) is 0 Å². The number of nitrogens with zero attached hydrogens (tertiary/aromatic N) is 1. The van der Waals surface area contributed by atoms with Gasteiger partial charge in [0.25, 0.3) is 11.7 Å². The predicted molar refractivity (Wildman–Crippen MR) is 121 cm³/mol. The van der Waals surface area contributed by atoms with Crippen molar-refractivity contribution >= 4 is 17.4 Å². The molecule has 0 spiro atoms. The van der Waals surface area contributed by atoms with E-state index in [0.29, 0.717) is 60.3 Å². The van der Waals surface area contributed by atoms with Crippen molar-refractivity contribution in [2.24, 2.45) is 0 Å². The Morgan fingerprint density at radius 3 is 2.55 bits per heavy atom. The molecule has 2 aromatic rings. The number of hydrogen-bond donors (Lipinski definition) is 1. The van der Waals surface area contributed by atoms with Crippen LogP contribution in [0.2, 0.25) is 0 Å². The summed E-state index contributed by atoms with van der Waals surface area (Å²) in [4.78, 5) is 27.7. The number of ketones is 1. The van der Waals surface area contributed by atoms with E-state index in [1.165, 1.54) is 19.1 Å². The molecule has 8 heteroatoms. The molecule has 4 rings (SSSR count). The number of aliphatic hydroxyl groups is 1. The van der Waals surface area contributed by atoms with Crippen LogP contribution in [0.25, 0.3) is 5.76 Å². The van der Waals surface area contributed by atoms with Gasteiger partial charge in [0.2, 0.25) is 0 Å². The molecular formula is C25H27NO7. The minimum Gasteiger partial charge on any atom is -0.507 e. The lowest BCUT2D eigenvalue weighted by molar-refractivity contribution is -0.139. The standard InChI is InChI=1S/C25H27NO7/c1-4-5-11-26-21(16-7-6-8-18(30-2)24(16)31-3)20(23(28)25(26)29)22(27)15-9-10-17-19(14-15)33-13-12-32-17/h6-10,14,21,27H,4-5,11-13H2,1-3H3/b22-20+. The molecule has 2 aromatic carbocycles. The van der Waals surface area contributed by atoms with Gasteiger partial charge in [-0.1, -0.05) is 25.5 Å². The van der Waals surface area contributed by atoms with Crippen LogP contribution in [0.4, 0.5) is 0 Å². The first-order valence-corrected chi connectivity index (χ1v) is 10.9. The molecule has 1 unspecified atom stereocenters. The van der Waals surface area contributed by atoms with Crippen LogP contribution in [-0.4, -0.2) is 55.7 Å². The van der Waals surface area contributed by atoms with Crippen molar-refractivity contribution in [1.82, 2.24) is 4.90 Å². The number of benzene rings is 2. The molecule has 1 N–H and O–H groups in total. The summed E-state index contributed by atoms with van der Waals surface area (Å²) >= 11 is 0. The summed E-state index contributed by atoms with van der Waals surface area (Å²) in [5, 5.41) is 11.3. The average Bonchev–Trinajstić information content (AvgIpc) is 3.10. The van der Waals surface area contributed by atoms with Crippen molar-refractivity contribution in [2.45, 2.75) is 25.8 Å². The highest BCUT2D eigenvalue weighted by Gasteiger charge is 2.47.